The van der Waals surface area contributed by atoms with Gasteiger partial charge in [-0.25, -0.2) is 9.67 Å². The third-order valence-electron chi connectivity index (χ3n) is 5.07. The highest BCUT2D eigenvalue weighted by Crippen LogP contribution is 2.27. The van der Waals surface area contributed by atoms with Gasteiger partial charge in [-0.2, -0.15) is 5.10 Å². The fraction of sp³-hybridized carbons (Fsp3) is 0.182. The molecule has 1 amide bonds. The highest BCUT2D eigenvalue weighted by Gasteiger charge is 2.30. The zero-order valence-electron chi connectivity index (χ0n) is 16.1. The molecule has 0 bridgehead atoms. The number of rotatable bonds is 5. The summed E-state index contributed by atoms with van der Waals surface area (Å²) in [6.45, 7) is 1.71. The predicted molar refractivity (Wildman–Crippen MR) is 112 cm³/mol. The number of hydrogen-bond acceptors (Lipinski definition) is 5. The van der Waals surface area contributed by atoms with E-state index < -0.39 is 0 Å². The highest BCUT2D eigenvalue weighted by molar-refractivity contribution is 6.05. The van der Waals surface area contributed by atoms with Crippen molar-refractivity contribution in [2.24, 2.45) is 0 Å². The zero-order chi connectivity index (χ0) is 20.5. The van der Waals surface area contributed by atoms with Crippen LogP contribution in [-0.2, 0) is 13.1 Å². The van der Waals surface area contributed by atoms with Gasteiger partial charge in [0.15, 0.2) is 0 Å². The quantitative estimate of drug-likeness (QED) is 0.513. The summed E-state index contributed by atoms with van der Waals surface area (Å²) >= 11 is 0. The maximum Gasteiger partial charge on any atom is 0.281 e. The molecule has 8 nitrogen and oxygen atoms in total. The fourth-order valence-electron chi connectivity index (χ4n) is 3.61. The monoisotopic (exact) mass is 401 g/mol. The van der Waals surface area contributed by atoms with Crippen molar-refractivity contribution in [1.82, 2.24) is 19.3 Å². The van der Waals surface area contributed by atoms with Crippen LogP contribution in [0.2, 0.25) is 0 Å². The average Bonchev–Trinajstić information content (AvgIpc) is 3.35. The van der Waals surface area contributed by atoms with Gasteiger partial charge in [0.25, 0.3) is 11.5 Å². The Hall–Kier alpha value is -3.94. The summed E-state index contributed by atoms with van der Waals surface area (Å²) in [5.41, 5.74) is 1.77. The van der Waals surface area contributed by atoms with Crippen molar-refractivity contribution in [3.05, 3.63) is 82.8 Å². The summed E-state index contributed by atoms with van der Waals surface area (Å²) in [5, 5.41) is 4.27. The molecule has 3 heterocycles. The first-order valence-electron chi connectivity index (χ1n) is 9.74. The van der Waals surface area contributed by atoms with E-state index in [0.717, 1.165) is 11.0 Å². The van der Waals surface area contributed by atoms with Crippen molar-refractivity contribution in [3.63, 3.8) is 0 Å². The van der Waals surface area contributed by atoms with E-state index in [1.807, 2.05) is 59.2 Å². The summed E-state index contributed by atoms with van der Waals surface area (Å²) in [4.78, 5) is 31.5. The second kappa shape index (κ2) is 7.47. The van der Waals surface area contributed by atoms with E-state index in [0.29, 0.717) is 24.8 Å². The van der Waals surface area contributed by atoms with Crippen LogP contribution in [-0.4, -0.2) is 38.4 Å². The third kappa shape index (κ3) is 3.22. The molecule has 0 N–H and O–H groups in total. The Labute approximate surface area is 171 Å². The number of ether oxygens (including phenoxy) is 1. The van der Waals surface area contributed by atoms with Gasteiger partial charge >= 0.3 is 0 Å². The van der Waals surface area contributed by atoms with Gasteiger partial charge in [0.2, 0.25) is 5.95 Å². The van der Waals surface area contributed by atoms with Crippen LogP contribution in [0.15, 0.2) is 71.5 Å². The van der Waals surface area contributed by atoms with Crippen LogP contribution in [0.3, 0.4) is 0 Å². The lowest BCUT2D eigenvalue weighted by Gasteiger charge is -2.14. The molecular weight excluding hydrogens is 382 g/mol. The molecule has 30 heavy (non-hydrogen) atoms. The molecule has 1 aliphatic heterocycles. The Kier molecular flexibility index (Phi) is 4.51. The molecule has 0 saturated carbocycles. The van der Waals surface area contributed by atoms with E-state index >= 15 is 0 Å². The van der Waals surface area contributed by atoms with Gasteiger partial charge < -0.3 is 9.30 Å². The first-order valence-corrected chi connectivity index (χ1v) is 9.74. The van der Waals surface area contributed by atoms with Crippen LogP contribution in [0.5, 0.6) is 5.75 Å². The number of carbonyl (C=O) groups is 1. The first kappa shape index (κ1) is 18.1. The van der Waals surface area contributed by atoms with Crippen LogP contribution in [0.25, 0.3) is 11.0 Å². The molecule has 4 aromatic rings. The van der Waals surface area contributed by atoms with Gasteiger partial charge in [0.1, 0.15) is 18.1 Å². The second-order valence-electron chi connectivity index (χ2n) is 6.95. The van der Waals surface area contributed by atoms with Crippen LogP contribution in [0, 0.1) is 0 Å². The minimum atomic E-state index is -0.281. The maximum atomic E-state index is 13.1. The van der Waals surface area contributed by atoms with E-state index in [1.54, 1.807) is 4.90 Å². The lowest BCUT2D eigenvalue weighted by Crippen LogP contribution is -2.33. The summed E-state index contributed by atoms with van der Waals surface area (Å²) < 4.78 is 8.92. The summed E-state index contributed by atoms with van der Waals surface area (Å²) in [7, 11) is 0. The van der Waals surface area contributed by atoms with Crippen molar-refractivity contribution >= 4 is 22.9 Å². The molecule has 150 valence electrons. The molecule has 0 unspecified atom stereocenters. The molecule has 0 atom stereocenters. The van der Waals surface area contributed by atoms with Crippen molar-refractivity contribution in [3.8, 4) is 5.75 Å². The lowest BCUT2D eigenvalue weighted by molar-refractivity contribution is 0.0981. The Bertz CT molecular complexity index is 1280. The molecule has 0 saturated heterocycles. The average molecular weight is 401 g/mol. The predicted octanol–water partition coefficient (Wildman–Crippen LogP) is 2.33. The van der Waals surface area contributed by atoms with E-state index in [1.165, 1.54) is 16.8 Å². The third-order valence-corrected chi connectivity index (χ3v) is 5.07. The Morgan fingerprint density at radius 3 is 2.63 bits per heavy atom. The standard InChI is InChI=1S/C22H19N5O3/c28-20-11-10-18(24-27(20)14-15-30-16-6-2-1-3-7-16)21(29)26-13-12-25-19-9-5-4-8-17(19)23-22(25)26/h1-11H,12-15H2. The molecule has 0 radical (unpaired) electrons. The molecular formula is C22H19N5O3. The largest absolute Gasteiger partial charge is 0.492 e. The molecule has 1 aliphatic rings. The van der Waals surface area contributed by atoms with Crippen molar-refractivity contribution in [1.29, 1.82) is 0 Å². The number of nitrogens with zero attached hydrogens (tertiary/aromatic N) is 5. The van der Waals surface area contributed by atoms with Crippen molar-refractivity contribution in [2.45, 2.75) is 13.1 Å². The number of anilines is 1. The Morgan fingerprint density at radius 1 is 0.967 bits per heavy atom. The first-order chi connectivity index (χ1) is 14.7. The van der Waals surface area contributed by atoms with E-state index in [-0.39, 0.29) is 30.3 Å². The topological polar surface area (TPSA) is 82.2 Å². The van der Waals surface area contributed by atoms with Gasteiger partial charge in [-0.1, -0.05) is 30.3 Å². The van der Waals surface area contributed by atoms with Crippen molar-refractivity contribution < 1.29 is 9.53 Å². The van der Waals surface area contributed by atoms with Crippen molar-refractivity contribution in [2.75, 3.05) is 18.1 Å². The number of fused-ring (bicyclic) bond motifs is 3. The summed E-state index contributed by atoms with van der Waals surface area (Å²) in [6, 6.07) is 20.0. The lowest BCUT2D eigenvalue weighted by atomic mass is 10.3. The van der Waals surface area contributed by atoms with Gasteiger partial charge in [0, 0.05) is 19.2 Å². The van der Waals surface area contributed by atoms with Crippen LogP contribution >= 0.6 is 0 Å². The summed E-state index contributed by atoms with van der Waals surface area (Å²) in [6.07, 6.45) is 0. The minimum Gasteiger partial charge on any atom is -0.492 e. The highest BCUT2D eigenvalue weighted by atomic mass is 16.5. The number of carbonyl (C=O) groups excluding carboxylic acids is 1. The molecule has 2 aromatic carbocycles. The smallest absolute Gasteiger partial charge is 0.281 e. The molecule has 0 fully saturated rings. The SMILES string of the molecule is O=C(c1ccc(=O)n(CCOc2ccccc2)n1)N1CCn2c1nc1ccccc12. The van der Waals surface area contributed by atoms with Crippen LogP contribution in [0.1, 0.15) is 10.5 Å². The zero-order valence-corrected chi connectivity index (χ0v) is 16.1. The minimum absolute atomic E-state index is 0.204. The number of aromatic nitrogens is 4. The molecule has 0 aliphatic carbocycles. The normalized spacial score (nSPS) is 12.9. The Balaban J connectivity index is 1.36. The number of benzene rings is 2. The maximum absolute atomic E-state index is 13.1. The van der Waals surface area contributed by atoms with E-state index in [4.69, 9.17) is 4.74 Å². The molecule has 5 rings (SSSR count). The number of para-hydroxylation sites is 3. The molecule has 0 spiro atoms. The number of amides is 1. The van der Waals surface area contributed by atoms with Crippen LogP contribution < -0.4 is 15.2 Å². The van der Waals surface area contributed by atoms with E-state index in [9.17, 15) is 9.59 Å². The van der Waals surface area contributed by atoms with Gasteiger partial charge in [0.05, 0.1) is 17.6 Å². The second-order valence-corrected chi connectivity index (χ2v) is 6.95. The van der Waals surface area contributed by atoms with Crippen LogP contribution in [0.4, 0.5) is 5.95 Å². The number of imidazole rings is 1. The van der Waals surface area contributed by atoms with Gasteiger partial charge in [-0.15, -0.1) is 0 Å². The molecule has 2 aromatic heterocycles. The van der Waals surface area contributed by atoms with Gasteiger partial charge in [-0.3, -0.25) is 14.5 Å². The number of hydrogen-bond donors (Lipinski definition) is 0. The Morgan fingerprint density at radius 2 is 1.77 bits per heavy atom. The van der Waals surface area contributed by atoms with E-state index in [2.05, 4.69) is 10.1 Å². The fourth-order valence-corrected chi connectivity index (χ4v) is 3.61. The molecule has 8 heteroatoms. The summed E-state index contributed by atoms with van der Waals surface area (Å²) in [5.74, 6) is 1.05. The van der Waals surface area contributed by atoms with Gasteiger partial charge in [-0.05, 0) is 30.3 Å².